The Labute approximate surface area is 109 Å². The number of hydrogen-bond acceptors (Lipinski definition) is 5. The van der Waals surface area contributed by atoms with E-state index in [9.17, 15) is 14.9 Å². The zero-order valence-electron chi connectivity index (χ0n) is 10.2. The zero-order valence-corrected chi connectivity index (χ0v) is 10.2. The second-order valence-electron chi connectivity index (χ2n) is 4.47. The third kappa shape index (κ3) is 3.41. The first kappa shape index (κ1) is 13.3. The molecule has 0 bridgehead atoms. The molecule has 0 saturated heterocycles. The number of carbonyl (C=O) groups excluding carboxylic acids is 1. The number of rotatable bonds is 3. The van der Waals surface area contributed by atoms with Crippen molar-refractivity contribution in [3.8, 4) is 0 Å². The maximum absolute atomic E-state index is 11.6. The van der Waals surface area contributed by atoms with Crippen molar-refractivity contribution in [3.63, 3.8) is 0 Å². The highest BCUT2D eigenvalue weighted by atomic mass is 16.6. The van der Waals surface area contributed by atoms with Gasteiger partial charge in [-0.1, -0.05) is 0 Å². The van der Waals surface area contributed by atoms with Gasteiger partial charge >= 0.3 is 6.09 Å². The van der Waals surface area contributed by atoms with Crippen LogP contribution in [0.1, 0.15) is 19.3 Å². The van der Waals surface area contributed by atoms with E-state index in [0.29, 0.717) is 5.69 Å². The average Bonchev–Trinajstić information content (AvgIpc) is 2.75. The molecule has 0 aromatic heterocycles. The minimum atomic E-state index is -0.587. The molecule has 1 aliphatic carbocycles. The molecule has 0 radical (unpaired) electrons. The van der Waals surface area contributed by atoms with E-state index in [1.807, 2.05) is 0 Å². The first-order valence-electron chi connectivity index (χ1n) is 6.04. The van der Waals surface area contributed by atoms with Gasteiger partial charge in [0.25, 0.3) is 5.69 Å². The molecule has 3 N–H and O–H groups in total. The highest BCUT2D eigenvalue weighted by Gasteiger charge is 2.27. The lowest BCUT2D eigenvalue weighted by atomic mass is 10.2. The molecular formula is C12H15N3O4. The van der Waals surface area contributed by atoms with E-state index in [2.05, 4.69) is 5.32 Å². The summed E-state index contributed by atoms with van der Waals surface area (Å²) in [5, 5.41) is 13.0. The van der Waals surface area contributed by atoms with E-state index >= 15 is 0 Å². The van der Waals surface area contributed by atoms with Gasteiger partial charge in [-0.25, -0.2) is 4.79 Å². The van der Waals surface area contributed by atoms with Gasteiger partial charge in [-0.2, -0.15) is 0 Å². The highest BCUT2D eigenvalue weighted by Crippen LogP contribution is 2.21. The molecule has 1 aliphatic rings. The van der Waals surface area contributed by atoms with Gasteiger partial charge in [0.05, 0.1) is 4.92 Å². The van der Waals surface area contributed by atoms with Crippen LogP contribution in [0.4, 0.5) is 16.2 Å². The molecule has 0 aliphatic heterocycles. The Kier molecular flexibility index (Phi) is 3.96. The molecule has 102 valence electrons. The van der Waals surface area contributed by atoms with Crippen molar-refractivity contribution in [2.75, 3.05) is 5.32 Å². The topological polar surface area (TPSA) is 107 Å². The number of nitro benzene ring substituents is 1. The average molecular weight is 265 g/mol. The molecule has 2 rings (SSSR count). The van der Waals surface area contributed by atoms with E-state index in [0.717, 1.165) is 19.3 Å². The fourth-order valence-electron chi connectivity index (χ4n) is 2.05. The van der Waals surface area contributed by atoms with Gasteiger partial charge in [0.1, 0.15) is 6.10 Å². The molecule has 0 spiro atoms. The normalized spacial score (nSPS) is 21.9. The molecule has 0 heterocycles. The van der Waals surface area contributed by atoms with Crippen LogP contribution < -0.4 is 11.1 Å². The lowest BCUT2D eigenvalue weighted by Gasteiger charge is -2.16. The monoisotopic (exact) mass is 265 g/mol. The lowest BCUT2D eigenvalue weighted by molar-refractivity contribution is -0.384. The first-order valence-corrected chi connectivity index (χ1v) is 6.04. The number of hydrogen-bond donors (Lipinski definition) is 2. The van der Waals surface area contributed by atoms with Crippen LogP contribution in [0.5, 0.6) is 0 Å². The van der Waals surface area contributed by atoms with Crippen LogP contribution in [-0.4, -0.2) is 23.2 Å². The molecule has 7 nitrogen and oxygen atoms in total. The van der Waals surface area contributed by atoms with Crippen molar-refractivity contribution in [3.05, 3.63) is 34.4 Å². The quantitative estimate of drug-likeness (QED) is 0.642. The molecule has 1 fully saturated rings. The van der Waals surface area contributed by atoms with Gasteiger partial charge in [0.2, 0.25) is 0 Å². The summed E-state index contributed by atoms with van der Waals surface area (Å²) in [7, 11) is 0. The number of non-ortho nitro benzene ring substituents is 1. The third-order valence-electron chi connectivity index (χ3n) is 3.09. The number of anilines is 1. The van der Waals surface area contributed by atoms with Crippen LogP contribution in [-0.2, 0) is 4.74 Å². The maximum Gasteiger partial charge on any atom is 0.411 e. The summed E-state index contributed by atoms with van der Waals surface area (Å²) in [6.45, 7) is 0. The van der Waals surface area contributed by atoms with Crippen LogP contribution in [0.3, 0.4) is 0 Å². The number of nitrogens with zero attached hydrogens (tertiary/aromatic N) is 1. The Hall–Kier alpha value is -2.15. The van der Waals surface area contributed by atoms with Gasteiger partial charge < -0.3 is 10.5 Å². The predicted molar refractivity (Wildman–Crippen MR) is 68.8 cm³/mol. The molecule has 1 amide bonds. The molecule has 7 heteroatoms. The number of nitrogens with one attached hydrogen (secondary N) is 1. The van der Waals surface area contributed by atoms with E-state index in [1.165, 1.54) is 24.3 Å². The summed E-state index contributed by atoms with van der Waals surface area (Å²) in [4.78, 5) is 21.6. The number of benzene rings is 1. The van der Waals surface area contributed by atoms with Gasteiger partial charge in [0, 0.05) is 23.9 Å². The van der Waals surface area contributed by atoms with Gasteiger partial charge in [-0.05, 0) is 31.4 Å². The second-order valence-corrected chi connectivity index (χ2v) is 4.47. The molecular weight excluding hydrogens is 250 g/mol. The summed E-state index contributed by atoms with van der Waals surface area (Å²) in [6.07, 6.45) is 1.75. The van der Waals surface area contributed by atoms with Crippen molar-refractivity contribution in [2.45, 2.75) is 31.4 Å². The Bertz CT molecular complexity index is 474. The SMILES string of the molecule is NC1CCCC1OC(=O)Nc1ccc([N+](=O)[O-])cc1. The van der Waals surface area contributed by atoms with Crippen LogP contribution in [0.15, 0.2) is 24.3 Å². The maximum atomic E-state index is 11.6. The van der Waals surface area contributed by atoms with Crippen LogP contribution >= 0.6 is 0 Å². The van der Waals surface area contributed by atoms with E-state index in [-0.39, 0.29) is 17.8 Å². The number of nitro groups is 1. The van der Waals surface area contributed by atoms with Crippen LogP contribution in [0.25, 0.3) is 0 Å². The fourth-order valence-corrected chi connectivity index (χ4v) is 2.05. The number of amides is 1. The summed E-state index contributed by atoms with van der Waals surface area (Å²) in [5.41, 5.74) is 6.21. The van der Waals surface area contributed by atoms with Crippen LogP contribution in [0.2, 0.25) is 0 Å². The molecule has 1 aromatic carbocycles. The summed E-state index contributed by atoms with van der Waals surface area (Å²) >= 11 is 0. The Morgan fingerprint density at radius 3 is 2.58 bits per heavy atom. The van der Waals surface area contributed by atoms with E-state index in [4.69, 9.17) is 10.5 Å². The number of ether oxygens (including phenoxy) is 1. The third-order valence-corrected chi connectivity index (χ3v) is 3.09. The van der Waals surface area contributed by atoms with Crippen molar-refractivity contribution in [1.29, 1.82) is 0 Å². The van der Waals surface area contributed by atoms with Crippen molar-refractivity contribution < 1.29 is 14.5 Å². The fraction of sp³-hybridized carbons (Fsp3) is 0.417. The van der Waals surface area contributed by atoms with Gasteiger partial charge in [-0.3, -0.25) is 15.4 Å². The zero-order chi connectivity index (χ0) is 13.8. The van der Waals surface area contributed by atoms with Crippen molar-refractivity contribution in [2.24, 2.45) is 5.73 Å². The smallest absolute Gasteiger partial charge is 0.411 e. The minimum absolute atomic E-state index is 0.0308. The van der Waals surface area contributed by atoms with E-state index < -0.39 is 11.0 Å². The second kappa shape index (κ2) is 5.66. The number of carbonyl (C=O) groups is 1. The van der Waals surface area contributed by atoms with Crippen molar-refractivity contribution >= 4 is 17.5 Å². The Morgan fingerprint density at radius 2 is 2.05 bits per heavy atom. The molecule has 19 heavy (non-hydrogen) atoms. The van der Waals surface area contributed by atoms with E-state index in [1.54, 1.807) is 0 Å². The predicted octanol–water partition coefficient (Wildman–Crippen LogP) is 2.02. The van der Waals surface area contributed by atoms with Gasteiger partial charge in [0.15, 0.2) is 0 Å². The number of nitrogens with two attached hydrogens (primary N) is 1. The molecule has 2 unspecified atom stereocenters. The lowest BCUT2D eigenvalue weighted by Crippen LogP contribution is -2.34. The molecule has 1 saturated carbocycles. The minimum Gasteiger partial charge on any atom is -0.444 e. The van der Waals surface area contributed by atoms with Gasteiger partial charge in [-0.15, -0.1) is 0 Å². The summed E-state index contributed by atoms with van der Waals surface area (Å²) in [6, 6.07) is 5.43. The largest absolute Gasteiger partial charge is 0.444 e. The highest BCUT2D eigenvalue weighted by molar-refractivity contribution is 5.84. The summed E-state index contributed by atoms with van der Waals surface area (Å²) in [5.74, 6) is 0. The Morgan fingerprint density at radius 1 is 1.37 bits per heavy atom. The molecule has 1 aromatic rings. The standard InChI is InChI=1S/C12H15N3O4/c13-10-2-1-3-11(10)19-12(16)14-8-4-6-9(7-5-8)15(17)18/h4-7,10-11H,1-3,13H2,(H,14,16). The first-order chi connectivity index (χ1) is 9.06. The Balaban J connectivity index is 1.89. The van der Waals surface area contributed by atoms with Crippen LogP contribution in [0, 0.1) is 10.1 Å². The summed E-state index contributed by atoms with van der Waals surface area (Å²) < 4.78 is 5.20. The molecule has 2 atom stereocenters. The van der Waals surface area contributed by atoms with Crippen molar-refractivity contribution in [1.82, 2.24) is 0 Å².